The summed E-state index contributed by atoms with van der Waals surface area (Å²) in [5.41, 5.74) is 8.53. The van der Waals surface area contributed by atoms with Crippen molar-refractivity contribution in [2.24, 2.45) is 21.8 Å². The Morgan fingerprint density at radius 1 is 0.466 bits per heavy atom. The minimum Gasteiger partial charge on any atom is -0.456 e. The molecule has 9 aromatic carbocycles. The number of amidine groups is 1. The van der Waals surface area contributed by atoms with Gasteiger partial charge in [0.1, 0.15) is 11.2 Å². The molecule has 2 aromatic heterocycles. The average Bonchev–Trinajstić information content (AvgIpc) is 3.87. The smallest absolute Gasteiger partial charge is 0.155 e. The van der Waals surface area contributed by atoms with Gasteiger partial charge in [-0.2, -0.15) is 0 Å². The second kappa shape index (κ2) is 12.3. The third-order valence-electron chi connectivity index (χ3n) is 12.7. The molecule has 2 aliphatic rings. The van der Waals surface area contributed by atoms with Crippen LogP contribution in [-0.4, -0.2) is 11.5 Å². The molecule has 4 heteroatoms. The average molecular weight is 759 g/mol. The van der Waals surface area contributed by atoms with E-state index >= 15 is 0 Å². The Bertz CT molecular complexity index is 3540. The van der Waals surface area contributed by atoms with E-state index in [0.29, 0.717) is 11.8 Å². The van der Waals surface area contributed by atoms with E-state index in [1.165, 1.54) is 63.6 Å². The first-order valence-corrected chi connectivity index (χ1v) is 21.0. The summed E-state index contributed by atoms with van der Waals surface area (Å²) in [6.45, 7) is 0. The molecule has 1 aliphatic carbocycles. The quantitative estimate of drug-likeness (QED) is 0.165. The van der Waals surface area contributed by atoms with E-state index in [9.17, 15) is 0 Å². The minimum absolute atomic E-state index is 0.0400. The van der Waals surface area contributed by atoms with Crippen LogP contribution in [0.5, 0.6) is 0 Å². The number of furan rings is 1. The van der Waals surface area contributed by atoms with Gasteiger partial charge in [0.2, 0.25) is 0 Å². The molecule has 13 rings (SSSR count). The van der Waals surface area contributed by atoms with Gasteiger partial charge in [0, 0.05) is 42.4 Å². The van der Waals surface area contributed by atoms with Gasteiger partial charge in [-0.25, -0.2) is 4.99 Å². The molecule has 272 valence electrons. The molecule has 1 saturated carbocycles. The molecule has 1 aliphatic heterocycles. The first-order valence-electron chi connectivity index (χ1n) is 20.2. The number of nitrogens with zero attached hydrogens (tertiary/aromatic N) is 2. The summed E-state index contributed by atoms with van der Waals surface area (Å²) >= 11 is 1.87. The number of rotatable bonds is 4. The first-order chi connectivity index (χ1) is 28.7. The SMILES string of the molecule is c1ccc(C2=NC(c3cc(-c4ccc5c6ccccc6c6ccccc6c5c4)c4c(c3)oc3ccccc34)=NC(c3cccc4sc5ccccc5c34)C3CC23)cc1. The Balaban J connectivity index is 1.08. The summed E-state index contributed by atoms with van der Waals surface area (Å²) in [6.07, 6.45) is 1.07. The van der Waals surface area contributed by atoms with E-state index in [2.05, 4.69) is 176 Å². The van der Waals surface area contributed by atoms with Crippen LogP contribution < -0.4 is 0 Å². The van der Waals surface area contributed by atoms with Gasteiger partial charge in [-0.1, -0.05) is 140 Å². The minimum atomic E-state index is -0.0400. The van der Waals surface area contributed by atoms with Crippen LogP contribution in [0.15, 0.2) is 190 Å². The predicted octanol–water partition coefficient (Wildman–Crippen LogP) is 14.7. The van der Waals surface area contributed by atoms with E-state index in [1.807, 2.05) is 11.3 Å². The van der Waals surface area contributed by atoms with E-state index in [-0.39, 0.29) is 6.04 Å². The fourth-order valence-electron chi connectivity index (χ4n) is 9.99. The number of hydrogen-bond acceptors (Lipinski definition) is 4. The molecule has 0 spiro atoms. The largest absolute Gasteiger partial charge is 0.456 e. The van der Waals surface area contributed by atoms with Gasteiger partial charge in [0.25, 0.3) is 0 Å². The maximum atomic E-state index is 6.74. The van der Waals surface area contributed by atoms with Crippen LogP contribution in [-0.2, 0) is 0 Å². The molecule has 3 nitrogen and oxygen atoms in total. The molecule has 0 N–H and O–H groups in total. The van der Waals surface area contributed by atoms with E-state index < -0.39 is 0 Å². The molecule has 58 heavy (non-hydrogen) atoms. The summed E-state index contributed by atoms with van der Waals surface area (Å²) in [5, 5.41) is 12.4. The Morgan fingerprint density at radius 3 is 1.91 bits per heavy atom. The molecule has 3 heterocycles. The summed E-state index contributed by atoms with van der Waals surface area (Å²) in [7, 11) is 0. The normalized spacial score (nSPS) is 18.0. The molecule has 0 radical (unpaired) electrons. The third kappa shape index (κ3) is 4.79. The second-order valence-corrected chi connectivity index (χ2v) is 17.0. The monoisotopic (exact) mass is 758 g/mol. The van der Waals surface area contributed by atoms with Crippen LogP contribution in [0.2, 0.25) is 0 Å². The number of benzene rings is 9. The van der Waals surface area contributed by atoms with E-state index in [1.54, 1.807) is 0 Å². The number of thiophene rings is 1. The Morgan fingerprint density at radius 2 is 1.12 bits per heavy atom. The van der Waals surface area contributed by atoms with Gasteiger partial charge in [-0.3, -0.25) is 4.99 Å². The molecule has 0 bridgehead atoms. The zero-order valence-electron chi connectivity index (χ0n) is 31.4. The second-order valence-electron chi connectivity index (χ2n) is 15.9. The lowest BCUT2D eigenvalue weighted by atomic mass is 9.90. The highest BCUT2D eigenvalue weighted by atomic mass is 32.1. The molecule has 3 unspecified atom stereocenters. The number of para-hydroxylation sites is 1. The number of fused-ring (bicyclic) bond motifs is 13. The summed E-state index contributed by atoms with van der Waals surface area (Å²) < 4.78 is 9.36. The maximum absolute atomic E-state index is 6.74. The van der Waals surface area contributed by atoms with Crippen molar-refractivity contribution in [3.8, 4) is 11.1 Å². The van der Waals surface area contributed by atoms with Crippen molar-refractivity contribution in [2.45, 2.75) is 12.5 Å². The van der Waals surface area contributed by atoms with E-state index in [0.717, 1.165) is 56.6 Å². The number of aliphatic imine (C=N–C) groups is 2. The molecule has 0 saturated heterocycles. The summed E-state index contributed by atoms with van der Waals surface area (Å²) in [4.78, 5) is 11.4. The van der Waals surface area contributed by atoms with Crippen molar-refractivity contribution in [2.75, 3.05) is 0 Å². The van der Waals surface area contributed by atoms with Crippen LogP contribution in [0, 0.1) is 11.8 Å². The lowest BCUT2D eigenvalue weighted by Gasteiger charge is -2.16. The third-order valence-corrected chi connectivity index (χ3v) is 13.8. The van der Waals surface area contributed by atoms with Crippen LogP contribution >= 0.6 is 11.3 Å². The lowest BCUT2D eigenvalue weighted by Crippen LogP contribution is -2.08. The van der Waals surface area contributed by atoms with Crippen molar-refractivity contribution in [1.82, 2.24) is 0 Å². The molecule has 3 atom stereocenters. The van der Waals surface area contributed by atoms with E-state index in [4.69, 9.17) is 14.4 Å². The zero-order valence-corrected chi connectivity index (χ0v) is 32.2. The molecule has 0 amide bonds. The standard InChI is InChI=1S/C54H34N2OS/c1-2-13-31(14-3-1)52-44-30-45(44)53(41-21-12-24-49-51(41)40-20-9-11-23-48(40)58-49)56-54(55-52)33-28-42(50-39-19-8-10-22-46(39)57-47(50)29-33)32-25-26-38-36-17-5-4-15-34(36)35-16-6-7-18-37(35)43(38)27-32/h1-29,44-45,53H,30H2. The van der Waals surface area contributed by atoms with Crippen LogP contribution in [0.25, 0.3) is 85.6 Å². The predicted molar refractivity (Wildman–Crippen MR) is 245 cm³/mol. The van der Waals surface area contributed by atoms with Crippen LogP contribution in [0.3, 0.4) is 0 Å². The highest BCUT2D eigenvalue weighted by molar-refractivity contribution is 7.25. The molecular formula is C54H34N2OS. The van der Waals surface area contributed by atoms with Gasteiger partial charge in [0.05, 0.1) is 11.8 Å². The van der Waals surface area contributed by atoms with Gasteiger partial charge in [-0.15, -0.1) is 11.3 Å². The van der Waals surface area contributed by atoms with Crippen LogP contribution in [0.4, 0.5) is 0 Å². The van der Waals surface area contributed by atoms with Gasteiger partial charge in [0.15, 0.2) is 5.84 Å². The van der Waals surface area contributed by atoms with Gasteiger partial charge in [-0.05, 0) is 103 Å². The Kier molecular flexibility index (Phi) is 6.84. The fourth-order valence-corrected chi connectivity index (χ4v) is 11.1. The van der Waals surface area contributed by atoms with Crippen molar-refractivity contribution >= 4 is 97.3 Å². The Labute approximate surface area is 338 Å². The van der Waals surface area contributed by atoms with Crippen molar-refractivity contribution in [1.29, 1.82) is 0 Å². The van der Waals surface area contributed by atoms with Crippen molar-refractivity contribution in [3.63, 3.8) is 0 Å². The molecule has 1 fully saturated rings. The lowest BCUT2D eigenvalue weighted by molar-refractivity contribution is 0.627. The Hall–Kier alpha value is -6.88. The summed E-state index contributed by atoms with van der Waals surface area (Å²) in [6, 6.07) is 63.8. The highest BCUT2D eigenvalue weighted by Crippen LogP contribution is 2.55. The van der Waals surface area contributed by atoms with Gasteiger partial charge < -0.3 is 4.42 Å². The number of hydrogen-bond donors (Lipinski definition) is 0. The molecule has 11 aromatic rings. The topological polar surface area (TPSA) is 37.9 Å². The van der Waals surface area contributed by atoms with Gasteiger partial charge >= 0.3 is 0 Å². The van der Waals surface area contributed by atoms with Crippen molar-refractivity contribution in [3.05, 3.63) is 193 Å². The first kappa shape index (κ1) is 32.2. The molecular weight excluding hydrogens is 725 g/mol. The maximum Gasteiger partial charge on any atom is 0.155 e. The zero-order chi connectivity index (χ0) is 37.9. The van der Waals surface area contributed by atoms with Crippen LogP contribution in [0.1, 0.15) is 29.2 Å². The highest BCUT2D eigenvalue weighted by Gasteiger charge is 2.49. The fraction of sp³-hybridized carbons (Fsp3) is 0.0741. The van der Waals surface area contributed by atoms with Crippen molar-refractivity contribution < 1.29 is 4.42 Å². The summed E-state index contributed by atoms with van der Waals surface area (Å²) in [5.74, 6) is 1.44.